The van der Waals surface area contributed by atoms with Gasteiger partial charge in [-0.2, -0.15) is 0 Å². The van der Waals surface area contributed by atoms with Crippen LogP contribution >= 0.6 is 0 Å². The van der Waals surface area contributed by atoms with Crippen molar-refractivity contribution in [1.82, 2.24) is 0 Å². The number of carbonyl (C=O) groups is 2. The molecule has 0 amide bonds. The molecule has 4 nitrogen and oxygen atoms in total. The molecule has 0 radical (unpaired) electrons. The highest BCUT2D eigenvalue weighted by molar-refractivity contribution is 6.00. The van der Waals surface area contributed by atoms with Crippen LogP contribution in [0.1, 0.15) is 29.3 Å². The van der Waals surface area contributed by atoms with E-state index in [0.717, 1.165) is 5.56 Å². The van der Waals surface area contributed by atoms with Gasteiger partial charge in [-0.05, 0) is 13.3 Å². The lowest BCUT2D eigenvalue weighted by molar-refractivity contribution is 0.0319. The molecule has 0 saturated carbocycles. The maximum Gasteiger partial charge on any atom is 0.508 e. The van der Waals surface area contributed by atoms with Crippen LogP contribution < -0.4 is 0 Å². The topological polar surface area (TPSA) is 52.6 Å². The van der Waals surface area contributed by atoms with Gasteiger partial charge in [0.2, 0.25) is 5.78 Å². The maximum absolute atomic E-state index is 12.0. The van der Waals surface area contributed by atoms with Gasteiger partial charge in [-0.1, -0.05) is 36.8 Å². The summed E-state index contributed by atoms with van der Waals surface area (Å²) in [6, 6.07) is 7.14. The zero-order valence-corrected chi connectivity index (χ0v) is 10.2. The summed E-state index contributed by atoms with van der Waals surface area (Å²) < 4.78 is 9.26. The Hall–Kier alpha value is -1.84. The van der Waals surface area contributed by atoms with Crippen LogP contribution in [0.4, 0.5) is 4.79 Å². The monoisotopic (exact) mass is 236 g/mol. The molecule has 1 atom stereocenters. The third-order valence-corrected chi connectivity index (χ3v) is 2.40. The van der Waals surface area contributed by atoms with Gasteiger partial charge in [0.25, 0.3) is 0 Å². The number of hydrogen-bond acceptors (Lipinski definition) is 4. The van der Waals surface area contributed by atoms with Crippen LogP contribution in [0.5, 0.6) is 0 Å². The van der Waals surface area contributed by atoms with Gasteiger partial charge in [-0.25, -0.2) is 4.79 Å². The van der Waals surface area contributed by atoms with E-state index in [1.807, 2.05) is 19.1 Å². The zero-order valence-electron chi connectivity index (χ0n) is 10.2. The first-order valence-electron chi connectivity index (χ1n) is 5.44. The number of ether oxygens (including phenoxy) is 2. The average Bonchev–Trinajstić information content (AvgIpc) is 2.35. The molecule has 0 aromatic heterocycles. The highest BCUT2D eigenvalue weighted by Crippen LogP contribution is 2.11. The Morgan fingerprint density at radius 2 is 1.82 bits per heavy atom. The molecule has 1 aromatic rings. The molecule has 0 bridgehead atoms. The van der Waals surface area contributed by atoms with E-state index >= 15 is 0 Å². The second-order valence-corrected chi connectivity index (χ2v) is 3.70. The van der Waals surface area contributed by atoms with Gasteiger partial charge in [0, 0.05) is 5.56 Å². The summed E-state index contributed by atoms with van der Waals surface area (Å²) in [5.41, 5.74) is 1.61. The van der Waals surface area contributed by atoms with E-state index in [0.29, 0.717) is 12.0 Å². The predicted molar refractivity (Wildman–Crippen MR) is 63.1 cm³/mol. The van der Waals surface area contributed by atoms with Crippen molar-refractivity contribution in [2.24, 2.45) is 0 Å². The van der Waals surface area contributed by atoms with Crippen LogP contribution in [0.3, 0.4) is 0 Å². The first-order chi connectivity index (χ1) is 8.08. The van der Waals surface area contributed by atoms with Crippen LogP contribution in [0, 0.1) is 6.92 Å². The molecule has 0 aliphatic carbocycles. The lowest BCUT2D eigenvalue weighted by Crippen LogP contribution is -2.26. The summed E-state index contributed by atoms with van der Waals surface area (Å²) >= 11 is 0. The quantitative estimate of drug-likeness (QED) is 0.595. The third-order valence-electron chi connectivity index (χ3n) is 2.40. The lowest BCUT2D eigenvalue weighted by atomic mass is 10.0. The van der Waals surface area contributed by atoms with Crippen molar-refractivity contribution in [2.75, 3.05) is 7.11 Å². The molecule has 1 aromatic carbocycles. The Kier molecular flexibility index (Phi) is 4.69. The summed E-state index contributed by atoms with van der Waals surface area (Å²) in [4.78, 5) is 23.0. The van der Waals surface area contributed by atoms with Crippen LogP contribution in [-0.2, 0) is 9.47 Å². The van der Waals surface area contributed by atoms with E-state index < -0.39 is 12.3 Å². The number of benzene rings is 1. The number of rotatable bonds is 4. The first-order valence-corrected chi connectivity index (χ1v) is 5.44. The Morgan fingerprint density at radius 1 is 1.24 bits per heavy atom. The number of carbonyl (C=O) groups excluding carboxylic acids is 2. The van der Waals surface area contributed by atoms with Gasteiger partial charge in [-0.15, -0.1) is 0 Å². The Bertz CT molecular complexity index is 394. The minimum Gasteiger partial charge on any atom is -0.438 e. The Morgan fingerprint density at radius 3 is 2.29 bits per heavy atom. The number of aryl methyl sites for hydroxylation is 1. The number of ketones is 1. The van der Waals surface area contributed by atoms with E-state index in [1.54, 1.807) is 19.1 Å². The van der Waals surface area contributed by atoms with Crippen LogP contribution in [0.15, 0.2) is 24.3 Å². The molecule has 0 heterocycles. The molecule has 0 saturated heterocycles. The minimum atomic E-state index is -0.836. The Labute approximate surface area is 101 Å². The van der Waals surface area contributed by atoms with Gasteiger partial charge in [0.05, 0.1) is 7.11 Å². The van der Waals surface area contributed by atoms with Gasteiger partial charge < -0.3 is 9.47 Å². The van der Waals surface area contributed by atoms with Gasteiger partial charge in [-0.3, -0.25) is 4.79 Å². The van der Waals surface area contributed by atoms with Crippen molar-refractivity contribution in [3.8, 4) is 0 Å². The summed E-state index contributed by atoms with van der Waals surface area (Å²) in [6.45, 7) is 3.72. The molecule has 0 spiro atoms. The van der Waals surface area contributed by atoms with Crippen molar-refractivity contribution < 1.29 is 19.1 Å². The second kappa shape index (κ2) is 6.03. The fraction of sp³-hybridized carbons (Fsp3) is 0.385. The normalized spacial score (nSPS) is 11.7. The molecular weight excluding hydrogens is 220 g/mol. The SMILES string of the molecule is CCC(OC(=O)OC)C(=O)c1ccc(C)cc1. The summed E-state index contributed by atoms with van der Waals surface area (Å²) in [7, 11) is 1.21. The summed E-state index contributed by atoms with van der Waals surface area (Å²) in [5, 5.41) is 0. The van der Waals surface area contributed by atoms with E-state index in [9.17, 15) is 9.59 Å². The number of hydrogen-bond donors (Lipinski definition) is 0. The highest BCUT2D eigenvalue weighted by atomic mass is 16.7. The largest absolute Gasteiger partial charge is 0.508 e. The smallest absolute Gasteiger partial charge is 0.438 e. The van der Waals surface area contributed by atoms with Gasteiger partial charge in [0.1, 0.15) is 0 Å². The van der Waals surface area contributed by atoms with Crippen molar-refractivity contribution in [3.05, 3.63) is 35.4 Å². The predicted octanol–water partition coefficient (Wildman–Crippen LogP) is 2.74. The van der Waals surface area contributed by atoms with Crippen molar-refractivity contribution >= 4 is 11.9 Å². The molecule has 0 N–H and O–H groups in total. The summed E-state index contributed by atoms with van der Waals surface area (Å²) in [6.07, 6.45) is -1.20. The van der Waals surface area contributed by atoms with E-state index in [-0.39, 0.29) is 5.78 Å². The van der Waals surface area contributed by atoms with Crippen LogP contribution in [0.25, 0.3) is 0 Å². The van der Waals surface area contributed by atoms with E-state index in [1.165, 1.54) is 7.11 Å². The molecule has 17 heavy (non-hydrogen) atoms. The summed E-state index contributed by atoms with van der Waals surface area (Å²) in [5.74, 6) is -0.210. The minimum absolute atomic E-state index is 0.210. The van der Waals surface area contributed by atoms with Crippen molar-refractivity contribution in [2.45, 2.75) is 26.4 Å². The van der Waals surface area contributed by atoms with Crippen LogP contribution in [0.2, 0.25) is 0 Å². The lowest BCUT2D eigenvalue weighted by Gasteiger charge is -2.13. The zero-order chi connectivity index (χ0) is 12.8. The van der Waals surface area contributed by atoms with Crippen molar-refractivity contribution in [1.29, 1.82) is 0 Å². The Balaban J connectivity index is 2.78. The maximum atomic E-state index is 12.0. The number of methoxy groups -OCH3 is 1. The molecule has 0 fully saturated rings. The highest BCUT2D eigenvalue weighted by Gasteiger charge is 2.22. The first kappa shape index (κ1) is 13.2. The van der Waals surface area contributed by atoms with E-state index in [4.69, 9.17) is 4.74 Å². The van der Waals surface area contributed by atoms with Crippen LogP contribution in [-0.4, -0.2) is 25.2 Å². The number of Topliss-reactive ketones (excluding diaryl/α,β-unsaturated/α-hetero) is 1. The molecule has 1 rings (SSSR count). The standard InChI is InChI=1S/C13H16O4/c1-4-11(17-13(15)16-3)12(14)10-7-5-9(2)6-8-10/h5-8,11H,4H2,1-3H3. The van der Waals surface area contributed by atoms with Gasteiger partial charge in [0.15, 0.2) is 6.10 Å². The fourth-order valence-corrected chi connectivity index (χ4v) is 1.39. The molecule has 92 valence electrons. The molecule has 1 unspecified atom stereocenters. The fourth-order valence-electron chi connectivity index (χ4n) is 1.39. The average molecular weight is 236 g/mol. The molecular formula is C13H16O4. The molecule has 4 heteroatoms. The van der Waals surface area contributed by atoms with Gasteiger partial charge >= 0.3 is 6.16 Å². The molecule has 0 aliphatic rings. The second-order valence-electron chi connectivity index (χ2n) is 3.70. The van der Waals surface area contributed by atoms with Crippen molar-refractivity contribution in [3.63, 3.8) is 0 Å². The molecule has 0 aliphatic heterocycles. The van der Waals surface area contributed by atoms with E-state index in [2.05, 4.69) is 4.74 Å². The third kappa shape index (κ3) is 3.59.